The van der Waals surface area contributed by atoms with Crippen molar-refractivity contribution < 1.29 is 27.8 Å². The van der Waals surface area contributed by atoms with Gasteiger partial charge in [-0.2, -0.15) is 0 Å². The molecule has 1 aliphatic carbocycles. The summed E-state index contributed by atoms with van der Waals surface area (Å²) in [4.78, 5) is 42.9. The van der Waals surface area contributed by atoms with E-state index in [9.17, 15) is 18.8 Å². The van der Waals surface area contributed by atoms with E-state index in [0.29, 0.717) is 28.7 Å². The Morgan fingerprint density at radius 1 is 1.14 bits per heavy atom. The number of pyridine rings is 1. The summed E-state index contributed by atoms with van der Waals surface area (Å²) >= 11 is 12.2. The summed E-state index contributed by atoms with van der Waals surface area (Å²) in [5.41, 5.74) is -0.0407. The fourth-order valence-corrected chi connectivity index (χ4v) is 6.41. The van der Waals surface area contributed by atoms with Crippen LogP contribution in [-0.4, -0.2) is 72.9 Å². The number of hydrogen-bond acceptors (Lipinski definition) is 7. The zero-order valence-corrected chi connectivity index (χ0v) is 26.3. The standard InChI is InChI=1S/C31H34Cl2F2N4O5/c1-5-44-26(40)15-38-16(2)12-37(13-17(38)3)28-24(35)9-20-27(30(28)43-4)39(25-10-23(25)34)14-21(29(20)41)31(42)36-11-18-6-7-19(32)8-22(18)33/h6-9,14,16-17,23,25H,5,10-13,15H2,1-4H3,(H,36,42)/t16-,17+,23-,25+/m1/s1. The van der Waals surface area contributed by atoms with E-state index >= 15 is 4.39 Å². The maximum absolute atomic E-state index is 16.0. The van der Waals surface area contributed by atoms with Crippen LogP contribution in [0.25, 0.3) is 10.9 Å². The zero-order valence-electron chi connectivity index (χ0n) is 24.8. The van der Waals surface area contributed by atoms with E-state index in [1.807, 2.05) is 23.6 Å². The summed E-state index contributed by atoms with van der Waals surface area (Å²) in [6.45, 7) is 6.73. The third kappa shape index (κ3) is 6.23. The number of carbonyl (C=O) groups is 2. The molecule has 1 amide bonds. The van der Waals surface area contributed by atoms with E-state index in [1.54, 1.807) is 19.1 Å². The number of anilines is 1. The topological polar surface area (TPSA) is 93.1 Å². The lowest BCUT2D eigenvalue weighted by atomic mass is 10.0. The number of alkyl halides is 1. The number of nitrogens with one attached hydrogen (secondary N) is 1. The van der Waals surface area contributed by atoms with Crippen molar-refractivity contribution in [2.24, 2.45) is 0 Å². The first-order valence-corrected chi connectivity index (χ1v) is 15.2. The van der Waals surface area contributed by atoms with E-state index in [1.165, 1.54) is 23.9 Å². The Morgan fingerprint density at radius 3 is 2.41 bits per heavy atom. The van der Waals surface area contributed by atoms with E-state index < -0.39 is 29.4 Å². The van der Waals surface area contributed by atoms with Crippen LogP contribution in [0.5, 0.6) is 5.75 Å². The minimum absolute atomic E-state index is 0.0105. The Labute approximate surface area is 263 Å². The van der Waals surface area contributed by atoms with Crippen LogP contribution in [0.3, 0.4) is 0 Å². The predicted molar refractivity (Wildman–Crippen MR) is 165 cm³/mol. The number of amides is 1. The molecule has 0 spiro atoms. The van der Waals surface area contributed by atoms with Crippen molar-refractivity contribution in [2.75, 3.05) is 38.3 Å². The van der Waals surface area contributed by atoms with Crippen molar-refractivity contribution in [1.82, 2.24) is 14.8 Å². The van der Waals surface area contributed by atoms with Crippen LogP contribution in [0.1, 0.15) is 49.2 Å². The Balaban J connectivity index is 1.53. The number of carbonyl (C=O) groups excluding carboxylic acids is 2. The molecule has 3 aromatic rings. The van der Waals surface area contributed by atoms with Crippen LogP contribution in [0.2, 0.25) is 10.0 Å². The Kier molecular flexibility index (Phi) is 9.38. The van der Waals surface area contributed by atoms with Gasteiger partial charge in [-0.05, 0) is 44.5 Å². The second-order valence-corrected chi connectivity index (χ2v) is 12.1. The number of piperazine rings is 1. The molecule has 1 saturated heterocycles. The monoisotopic (exact) mass is 650 g/mol. The molecule has 4 atom stereocenters. The molecule has 5 rings (SSSR count). The molecule has 1 aromatic heterocycles. The largest absolute Gasteiger partial charge is 0.492 e. The number of esters is 1. The van der Waals surface area contributed by atoms with Gasteiger partial charge in [-0.1, -0.05) is 29.3 Å². The maximum atomic E-state index is 16.0. The number of ether oxygens (including phenoxy) is 2. The lowest BCUT2D eigenvalue weighted by molar-refractivity contribution is -0.145. The first kappa shape index (κ1) is 32.0. The first-order chi connectivity index (χ1) is 20.9. The third-order valence-corrected chi connectivity index (χ3v) is 8.76. The van der Waals surface area contributed by atoms with Crippen molar-refractivity contribution in [3.8, 4) is 5.75 Å². The lowest BCUT2D eigenvalue weighted by Crippen LogP contribution is -2.58. The number of aromatic nitrogens is 1. The summed E-state index contributed by atoms with van der Waals surface area (Å²) in [6.07, 6.45) is 0.297. The van der Waals surface area contributed by atoms with Gasteiger partial charge in [0, 0.05) is 54.4 Å². The second-order valence-electron chi connectivity index (χ2n) is 11.2. The smallest absolute Gasteiger partial charge is 0.320 e. The summed E-state index contributed by atoms with van der Waals surface area (Å²) < 4.78 is 43.0. The molecule has 0 radical (unpaired) electrons. The van der Waals surface area contributed by atoms with Crippen molar-refractivity contribution >= 4 is 51.7 Å². The normalized spacial score (nSPS) is 21.8. The number of halogens is 4. The van der Waals surface area contributed by atoms with Gasteiger partial charge in [-0.25, -0.2) is 8.78 Å². The average molecular weight is 652 g/mol. The fourth-order valence-electron chi connectivity index (χ4n) is 5.94. The number of methoxy groups -OCH3 is 1. The Hall–Kier alpha value is -3.41. The molecule has 2 aliphatic rings. The molecule has 13 heteroatoms. The maximum Gasteiger partial charge on any atom is 0.320 e. The quantitative estimate of drug-likeness (QED) is 0.321. The van der Waals surface area contributed by atoms with E-state index in [-0.39, 0.29) is 72.1 Å². The summed E-state index contributed by atoms with van der Waals surface area (Å²) in [6, 6.07) is 4.96. The molecular formula is C31H34Cl2F2N4O5. The van der Waals surface area contributed by atoms with Gasteiger partial charge >= 0.3 is 5.97 Å². The number of benzene rings is 2. The van der Waals surface area contributed by atoms with E-state index in [2.05, 4.69) is 5.32 Å². The lowest BCUT2D eigenvalue weighted by Gasteiger charge is -2.45. The van der Waals surface area contributed by atoms with Crippen molar-refractivity contribution in [3.63, 3.8) is 0 Å². The molecule has 2 heterocycles. The molecule has 1 saturated carbocycles. The molecular weight excluding hydrogens is 617 g/mol. The highest BCUT2D eigenvalue weighted by Gasteiger charge is 2.42. The summed E-state index contributed by atoms with van der Waals surface area (Å²) in [7, 11) is 1.37. The zero-order chi connectivity index (χ0) is 31.9. The molecule has 2 aromatic carbocycles. The molecule has 2 fully saturated rings. The molecule has 44 heavy (non-hydrogen) atoms. The second kappa shape index (κ2) is 12.9. The third-order valence-electron chi connectivity index (χ3n) is 8.17. The van der Waals surface area contributed by atoms with Gasteiger partial charge in [0.2, 0.25) is 5.43 Å². The minimum Gasteiger partial charge on any atom is -0.492 e. The Bertz CT molecular complexity index is 1660. The predicted octanol–water partition coefficient (Wildman–Crippen LogP) is 5.13. The SMILES string of the molecule is CCOC(=O)CN1[C@H](C)CN(c2c(F)cc3c(=O)c(C(=O)NCc4ccc(Cl)cc4Cl)cn([C@H]4C[C@H]4F)c3c2OC)C[C@@H]1C. The minimum atomic E-state index is -1.20. The van der Waals surface area contributed by atoms with Gasteiger partial charge in [0.1, 0.15) is 17.4 Å². The fraction of sp³-hybridized carbons (Fsp3) is 0.452. The van der Waals surface area contributed by atoms with Crippen LogP contribution < -0.4 is 20.4 Å². The van der Waals surface area contributed by atoms with Gasteiger partial charge < -0.3 is 24.3 Å². The summed E-state index contributed by atoms with van der Waals surface area (Å²) in [5.74, 6) is -1.68. The molecule has 9 nitrogen and oxygen atoms in total. The molecule has 0 bridgehead atoms. The van der Waals surface area contributed by atoms with Crippen molar-refractivity contribution in [2.45, 2.75) is 58.0 Å². The Morgan fingerprint density at radius 2 is 1.82 bits per heavy atom. The number of rotatable bonds is 9. The highest BCUT2D eigenvalue weighted by Crippen LogP contribution is 2.45. The van der Waals surface area contributed by atoms with Gasteiger partial charge in [0.15, 0.2) is 11.6 Å². The van der Waals surface area contributed by atoms with Gasteiger partial charge in [0.25, 0.3) is 5.91 Å². The first-order valence-electron chi connectivity index (χ1n) is 14.4. The van der Waals surface area contributed by atoms with Crippen LogP contribution >= 0.6 is 23.2 Å². The van der Waals surface area contributed by atoms with E-state index in [4.69, 9.17) is 32.7 Å². The molecule has 236 valence electrons. The van der Waals surface area contributed by atoms with Crippen LogP contribution in [0, 0.1) is 5.82 Å². The van der Waals surface area contributed by atoms with Gasteiger partial charge in [-0.15, -0.1) is 0 Å². The van der Waals surface area contributed by atoms with Crippen LogP contribution in [0.15, 0.2) is 35.3 Å². The average Bonchev–Trinajstić information content (AvgIpc) is 3.70. The van der Waals surface area contributed by atoms with E-state index in [0.717, 1.165) is 6.07 Å². The molecule has 1 N–H and O–H groups in total. The highest BCUT2D eigenvalue weighted by atomic mass is 35.5. The van der Waals surface area contributed by atoms with Crippen LogP contribution in [-0.2, 0) is 16.1 Å². The number of hydrogen-bond donors (Lipinski definition) is 1. The van der Waals surface area contributed by atoms with Crippen molar-refractivity contribution in [3.05, 3.63) is 67.7 Å². The van der Waals surface area contributed by atoms with Gasteiger partial charge in [-0.3, -0.25) is 19.3 Å². The number of fused-ring (bicyclic) bond motifs is 1. The van der Waals surface area contributed by atoms with Gasteiger partial charge in [0.05, 0.1) is 37.2 Å². The molecule has 0 unspecified atom stereocenters. The van der Waals surface area contributed by atoms with Crippen molar-refractivity contribution in [1.29, 1.82) is 0 Å². The van der Waals surface area contributed by atoms with Crippen LogP contribution in [0.4, 0.5) is 14.5 Å². The molecule has 1 aliphatic heterocycles. The number of nitrogens with zero attached hydrogens (tertiary/aromatic N) is 3. The summed E-state index contributed by atoms with van der Waals surface area (Å²) in [5, 5.41) is 3.36. The highest BCUT2D eigenvalue weighted by molar-refractivity contribution is 6.35.